The normalized spacial score (nSPS) is 20.1. The van der Waals surface area contributed by atoms with E-state index in [9.17, 15) is 10.2 Å². The van der Waals surface area contributed by atoms with Gasteiger partial charge in [-0.3, -0.25) is 0 Å². The highest BCUT2D eigenvalue weighted by Crippen LogP contribution is 2.49. The van der Waals surface area contributed by atoms with Crippen molar-refractivity contribution in [2.75, 3.05) is 0 Å². The van der Waals surface area contributed by atoms with Crippen LogP contribution in [0.15, 0.2) is 54.6 Å². The summed E-state index contributed by atoms with van der Waals surface area (Å²) >= 11 is 6.52. The molecule has 2 N–H and O–H groups in total. The number of hydrogen-bond acceptors (Lipinski definition) is 2. The molecule has 3 aromatic carbocycles. The molecule has 0 bridgehead atoms. The van der Waals surface area contributed by atoms with Gasteiger partial charge in [0.15, 0.2) is 0 Å². The van der Waals surface area contributed by atoms with E-state index in [-0.39, 0.29) is 0 Å². The minimum atomic E-state index is -1.01. The van der Waals surface area contributed by atoms with E-state index in [1.165, 1.54) is 0 Å². The van der Waals surface area contributed by atoms with Crippen LogP contribution in [0.1, 0.15) is 23.3 Å². The first kappa shape index (κ1) is 12.8. The molecule has 0 spiro atoms. The van der Waals surface area contributed by atoms with E-state index < -0.39 is 12.2 Å². The number of aliphatic hydroxyl groups is 2. The van der Waals surface area contributed by atoms with Crippen molar-refractivity contribution in [3.8, 4) is 11.1 Å². The molecule has 1 aliphatic carbocycles. The van der Waals surface area contributed by atoms with E-state index in [0.29, 0.717) is 10.6 Å². The Morgan fingerprint density at radius 3 is 2.38 bits per heavy atom. The lowest BCUT2D eigenvalue weighted by atomic mass is 9.81. The number of aliphatic hydroxyl groups excluding tert-OH is 2. The molecule has 0 unspecified atom stereocenters. The van der Waals surface area contributed by atoms with Gasteiger partial charge in [0.2, 0.25) is 0 Å². The van der Waals surface area contributed by atoms with Gasteiger partial charge in [-0.05, 0) is 28.1 Å². The van der Waals surface area contributed by atoms with E-state index in [1.54, 1.807) is 0 Å². The Hall–Kier alpha value is -1.87. The van der Waals surface area contributed by atoms with Crippen LogP contribution >= 0.6 is 11.6 Å². The SMILES string of the molecule is O[C@@H]1c2ccccc2-c2cc3ccccc3c(Cl)c2[C@H]1O. The minimum absolute atomic E-state index is 0.518. The van der Waals surface area contributed by atoms with Gasteiger partial charge in [0.1, 0.15) is 12.2 Å². The van der Waals surface area contributed by atoms with E-state index in [0.717, 1.165) is 27.5 Å². The second-order valence-electron chi connectivity index (χ2n) is 5.35. The standard InChI is InChI=1S/C18H13ClO2/c19-16-11-6-2-1-5-10(11)9-14-12-7-3-4-8-13(12)17(20)18(21)15(14)16/h1-9,17-18,20-21H/t17-,18-/m1/s1. The molecule has 0 fully saturated rings. The molecular weight excluding hydrogens is 284 g/mol. The lowest BCUT2D eigenvalue weighted by Crippen LogP contribution is -2.17. The van der Waals surface area contributed by atoms with E-state index in [1.807, 2.05) is 54.6 Å². The third kappa shape index (κ3) is 1.74. The zero-order chi connectivity index (χ0) is 14.6. The minimum Gasteiger partial charge on any atom is -0.385 e. The van der Waals surface area contributed by atoms with E-state index >= 15 is 0 Å². The van der Waals surface area contributed by atoms with Crippen molar-refractivity contribution < 1.29 is 10.2 Å². The summed E-state index contributed by atoms with van der Waals surface area (Å²) in [7, 11) is 0. The van der Waals surface area contributed by atoms with Crippen LogP contribution in [-0.2, 0) is 0 Å². The second-order valence-corrected chi connectivity index (χ2v) is 5.73. The molecule has 0 saturated heterocycles. The summed E-state index contributed by atoms with van der Waals surface area (Å²) in [5, 5.41) is 23.3. The van der Waals surface area contributed by atoms with Crippen molar-refractivity contribution in [3.63, 3.8) is 0 Å². The van der Waals surface area contributed by atoms with Crippen molar-refractivity contribution in [2.24, 2.45) is 0 Å². The number of fused-ring (bicyclic) bond motifs is 4. The van der Waals surface area contributed by atoms with E-state index in [4.69, 9.17) is 11.6 Å². The van der Waals surface area contributed by atoms with Gasteiger partial charge >= 0.3 is 0 Å². The zero-order valence-electron chi connectivity index (χ0n) is 11.1. The topological polar surface area (TPSA) is 40.5 Å². The van der Waals surface area contributed by atoms with Gasteiger partial charge in [-0.15, -0.1) is 0 Å². The third-order valence-electron chi connectivity index (χ3n) is 4.19. The highest BCUT2D eigenvalue weighted by Gasteiger charge is 2.33. The Morgan fingerprint density at radius 1 is 0.810 bits per heavy atom. The van der Waals surface area contributed by atoms with Gasteiger partial charge in [-0.1, -0.05) is 60.1 Å². The number of rotatable bonds is 0. The van der Waals surface area contributed by atoms with Gasteiger partial charge in [0.25, 0.3) is 0 Å². The highest BCUT2D eigenvalue weighted by atomic mass is 35.5. The number of benzene rings is 3. The molecule has 2 atom stereocenters. The summed E-state index contributed by atoms with van der Waals surface area (Å²) in [6.07, 6.45) is -1.96. The number of halogens is 1. The first-order chi connectivity index (χ1) is 10.2. The summed E-state index contributed by atoms with van der Waals surface area (Å²) < 4.78 is 0. The van der Waals surface area contributed by atoms with Gasteiger partial charge in [0.05, 0.1) is 5.02 Å². The van der Waals surface area contributed by atoms with Crippen LogP contribution in [0.2, 0.25) is 5.02 Å². The van der Waals surface area contributed by atoms with Crippen molar-refractivity contribution >= 4 is 22.4 Å². The predicted molar refractivity (Wildman–Crippen MR) is 84.3 cm³/mol. The fourth-order valence-electron chi connectivity index (χ4n) is 3.16. The average Bonchev–Trinajstić information content (AvgIpc) is 2.52. The van der Waals surface area contributed by atoms with Crippen LogP contribution in [0.3, 0.4) is 0 Å². The maximum absolute atomic E-state index is 10.5. The lowest BCUT2D eigenvalue weighted by Gasteiger charge is -2.30. The first-order valence-corrected chi connectivity index (χ1v) is 7.23. The van der Waals surface area contributed by atoms with Crippen LogP contribution in [-0.4, -0.2) is 10.2 Å². The smallest absolute Gasteiger partial charge is 0.111 e. The van der Waals surface area contributed by atoms with Gasteiger partial charge in [-0.25, -0.2) is 0 Å². The van der Waals surface area contributed by atoms with Gasteiger partial charge in [-0.2, -0.15) is 0 Å². The molecule has 2 nitrogen and oxygen atoms in total. The van der Waals surface area contributed by atoms with Crippen LogP contribution in [0, 0.1) is 0 Å². The quantitative estimate of drug-likeness (QED) is 0.651. The van der Waals surface area contributed by atoms with Gasteiger partial charge in [0, 0.05) is 10.9 Å². The van der Waals surface area contributed by atoms with Crippen molar-refractivity contribution in [3.05, 3.63) is 70.7 Å². The molecule has 104 valence electrons. The average molecular weight is 297 g/mol. The second kappa shape index (κ2) is 4.57. The Bertz CT molecular complexity index is 857. The molecule has 0 aromatic heterocycles. The maximum Gasteiger partial charge on any atom is 0.111 e. The maximum atomic E-state index is 10.5. The molecule has 4 rings (SSSR count). The van der Waals surface area contributed by atoms with Gasteiger partial charge < -0.3 is 10.2 Å². The predicted octanol–water partition coefficient (Wildman–Crippen LogP) is 4.24. The van der Waals surface area contributed by atoms with Crippen LogP contribution in [0.4, 0.5) is 0 Å². The summed E-state index contributed by atoms with van der Waals surface area (Å²) in [6, 6.07) is 17.4. The fourth-order valence-corrected chi connectivity index (χ4v) is 3.55. The van der Waals surface area contributed by atoms with Crippen molar-refractivity contribution in [1.82, 2.24) is 0 Å². The van der Waals surface area contributed by atoms with Crippen LogP contribution in [0.25, 0.3) is 21.9 Å². The van der Waals surface area contributed by atoms with Crippen LogP contribution in [0.5, 0.6) is 0 Å². The number of hydrogen-bond donors (Lipinski definition) is 2. The highest BCUT2D eigenvalue weighted by molar-refractivity contribution is 6.37. The molecule has 1 aliphatic rings. The lowest BCUT2D eigenvalue weighted by molar-refractivity contribution is 0.0159. The van der Waals surface area contributed by atoms with Crippen molar-refractivity contribution in [1.29, 1.82) is 0 Å². The zero-order valence-corrected chi connectivity index (χ0v) is 11.9. The molecule has 0 aliphatic heterocycles. The third-order valence-corrected chi connectivity index (χ3v) is 4.60. The largest absolute Gasteiger partial charge is 0.385 e. The fraction of sp³-hybridized carbons (Fsp3) is 0.111. The van der Waals surface area contributed by atoms with E-state index in [2.05, 4.69) is 0 Å². The summed E-state index contributed by atoms with van der Waals surface area (Å²) in [4.78, 5) is 0. The summed E-state index contributed by atoms with van der Waals surface area (Å²) in [5.41, 5.74) is 3.18. The Kier molecular flexibility index (Phi) is 2.79. The molecule has 0 heterocycles. The molecule has 21 heavy (non-hydrogen) atoms. The molecule has 0 saturated carbocycles. The molecule has 0 amide bonds. The molecule has 0 radical (unpaired) electrons. The Balaban J connectivity index is 2.15. The first-order valence-electron chi connectivity index (χ1n) is 6.85. The molecule has 3 heteroatoms. The summed E-state index contributed by atoms with van der Waals surface area (Å²) in [6.45, 7) is 0. The molecule has 3 aromatic rings. The monoisotopic (exact) mass is 296 g/mol. The van der Waals surface area contributed by atoms with Crippen molar-refractivity contribution in [2.45, 2.75) is 12.2 Å². The Labute approximate surface area is 127 Å². The molecular formula is C18H13ClO2. The van der Waals surface area contributed by atoms with Crippen LogP contribution < -0.4 is 0 Å². The Morgan fingerprint density at radius 2 is 1.52 bits per heavy atom. The summed E-state index contributed by atoms with van der Waals surface area (Å²) in [5.74, 6) is 0.